The Morgan fingerprint density at radius 3 is 2.50 bits per heavy atom. The lowest BCUT2D eigenvalue weighted by Gasteiger charge is -2.21. The highest BCUT2D eigenvalue weighted by Crippen LogP contribution is 2.37. The Morgan fingerprint density at radius 1 is 1.13 bits per heavy atom. The van der Waals surface area contributed by atoms with Crippen LogP contribution < -0.4 is 20.7 Å². The Balaban J connectivity index is 2.00. The summed E-state index contributed by atoms with van der Waals surface area (Å²) < 4.78 is 38.4. The number of anilines is 3. The first-order valence-corrected chi connectivity index (χ1v) is 13.4. The summed E-state index contributed by atoms with van der Waals surface area (Å²) in [5.74, 6) is 0.0503. The number of hydrogen-bond donors (Lipinski definition) is 3. The first-order chi connectivity index (χ1) is 17.8. The third-order valence-corrected chi connectivity index (χ3v) is 5.74. The van der Waals surface area contributed by atoms with Crippen molar-refractivity contribution in [3.05, 3.63) is 35.9 Å². The summed E-state index contributed by atoms with van der Waals surface area (Å²) in [7, 11) is 4.89. The standard InChI is InChI=1S/C20H26B3N7O7S/c1-35-16-10(17-26-14(37-30-17)7-8-38(3,33)34)5-4-6-11(16)24-12-9-13(25-19(32)36-2)28-29-15(12)18(31)27-20(21,22)23/h4-6,9H,7-8,21-23H2,1-3H3,(H,27,31)(H2,24,25,28,32). The molecule has 0 spiro atoms. The maximum absolute atomic E-state index is 13.0. The first kappa shape index (κ1) is 28.5. The highest BCUT2D eigenvalue weighted by molar-refractivity contribution is 7.90. The van der Waals surface area contributed by atoms with Crippen molar-refractivity contribution < 1.29 is 32.0 Å². The molecule has 0 unspecified atom stereocenters. The molecule has 0 saturated carbocycles. The van der Waals surface area contributed by atoms with Gasteiger partial charge in [-0.25, -0.2) is 13.2 Å². The molecule has 18 heteroatoms. The van der Waals surface area contributed by atoms with Crippen LogP contribution in [-0.4, -0.2) is 95.8 Å². The number of nitrogens with zero attached hydrogens (tertiary/aromatic N) is 4. The number of sulfone groups is 1. The van der Waals surface area contributed by atoms with Crippen molar-refractivity contribution in [2.75, 3.05) is 36.9 Å². The zero-order valence-electron chi connectivity index (χ0n) is 21.8. The zero-order valence-corrected chi connectivity index (χ0v) is 22.6. The average Bonchev–Trinajstić information content (AvgIpc) is 3.30. The number of methoxy groups -OCH3 is 2. The lowest BCUT2D eigenvalue weighted by Crippen LogP contribution is -2.50. The first-order valence-electron chi connectivity index (χ1n) is 11.3. The maximum Gasteiger partial charge on any atom is 0.412 e. The third kappa shape index (κ3) is 7.71. The van der Waals surface area contributed by atoms with Crippen molar-refractivity contribution in [1.29, 1.82) is 0 Å². The Morgan fingerprint density at radius 2 is 1.87 bits per heavy atom. The molecule has 3 aromatic rings. The predicted molar refractivity (Wildman–Crippen MR) is 147 cm³/mol. The summed E-state index contributed by atoms with van der Waals surface area (Å²) in [4.78, 5) is 28.9. The molecular weight excluding hydrogens is 515 g/mol. The molecule has 14 nitrogen and oxygen atoms in total. The second-order valence-electron chi connectivity index (χ2n) is 9.22. The van der Waals surface area contributed by atoms with Crippen LogP contribution in [0.4, 0.5) is 22.0 Å². The Labute approximate surface area is 221 Å². The minimum absolute atomic E-state index is 0.0366. The van der Waals surface area contributed by atoms with Gasteiger partial charge in [-0.1, -0.05) is 11.2 Å². The number of aryl methyl sites for hydroxylation is 1. The molecule has 0 radical (unpaired) electrons. The van der Waals surface area contributed by atoms with E-state index in [1.165, 1.54) is 20.3 Å². The molecule has 2 aromatic heterocycles. The van der Waals surface area contributed by atoms with Crippen LogP contribution in [0.3, 0.4) is 0 Å². The molecule has 0 fully saturated rings. The van der Waals surface area contributed by atoms with Crippen LogP contribution in [0.1, 0.15) is 16.4 Å². The van der Waals surface area contributed by atoms with E-state index < -0.39 is 27.1 Å². The van der Waals surface area contributed by atoms with E-state index in [1.54, 1.807) is 18.2 Å². The topological polar surface area (TPSA) is 188 Å². The van der Waals surface area contributed by atoms with Gasteiger partial charge in [-0.2, -0.15) is 4.98 Å². The Kier molecular flexibility index (Phi) is 8.65. The van der Waals surface area contributed by atoms with Crippen LogP contribution in [0.2, 0.25) is 0 Å². The normalized spacial score (nSPS) is 11.4. The molecule has 2 amide bonds. The van der Waals surface area contributed by atoms with Crippen molar-refractivity contribution in [2.24, 2.45) is 0 Å². The fraction of sp³-hybridized carbons (Fsp3) is 0.300. The average molecular weight is 541 g/mol. The predicted octanol–water partition coefficient (Wildman–Crippen LogP) is -1.72. The van der Waals surface area contributed by atoms with Crippen molar-refractivity contribution >= 4 is 62.6 Å². The van der Waals surface area contributed by atoms with E-state index in [1.807, 2.05) is 23.5 Å². The highest BCUT2D eigenvalue weighted by Gasteiger charge is 2.23. The number of carbonyl (C=O) groups is 2. The summed E-state index contributed by atoms with van der Waals surface area (Å²) >= 11 is 0. The summed E-state index contributed by atoms with van der Waals surface area (Å²) in [5, 5.41) is 19.6. The molecule has 198 valence electrons. The van der Waals surface area contributed by atoms with E-state index in [2.05, 4.69) is 41.0 Å². The second kappa shape index (κ2) is 11.5. The molecule has 0 saturated heterocycles. The molecular formula is C20H26B3N7O7S. The molecule has 38 heavy (non-hydrogen) atoms. The van der Waals surface area contributed by atoms with E-state index in [0.29, 0.717) is 17.0 Å². The summed E-state index contributed by atoms with van der Waals surface area (Å²) in [6.07, 6.45) is 0.427. The molecule has 3 rings (SSSR count). The lowest BCUT2D eigenvalue weighted by molar-refractivity contribution is 0.0947. The largest absolute Gasteiger partial charge is 0.494 e. The summed E-state index contributed by atoms with van der Waals surface area (Å²) in [6.45, 7) is 0. The fourth-order valence-corrected chi connectivity index (χ4v) is 3.73. The third-order valence-electron chi connectivity index (χ3n) is 4.80. The van der Waals surface area contributed by atoms with Crippen LogP contribution in [0.5, 0.6) is 5.75 Å². The van der Waals surface area contributed by atoms with Crippen molar-refractivity contribution in [2.45, 2.75) is 11.7 Å². The van der Waals surface area contributed by atoms with Crippen LogP contribution in [0.25, 0.3) is 11.4 Å². The van der Waals surface area contributed by atoms with E-state index in [4.69, 9.17) is 9.26 Å². The Hall–Kier alpha value is -4.08. The molecule has 1 aromatic carbocycles. The van der Waals surface area contributed by atoms with Crippen molar-refractivity contribution in [1.82, 2.24) is 25.7 Å². The van der Waals surface area contributed by atoms with Gasteiger partial charge < -0.3 is 24.6 Å². The molecule has 2 heterocycles. The number of carbonyl (C=O) groups excluding carboxylic acids is 2. The highest BCUT2D eigenvalue weighted by atomic mass is 32.2. The SMILES string of the molecule is BC(B)(B)NC(=O)c1nnc(NC(=O)OC)cc1Nc1cccc(-c2noc(CCS(C)(=O)=O)n2)c1OC. The van der Waals surface area contributed by atoms with Crippen LogP contribution in [-0.2, 0) is 21.0 Å². The monoisotopic (exact) mass is 541 g/mol. The minimum atomic E-state index is -3.21. The number of amides is 2. The van der Waals surface area contributed by atoms with Crippen molar-refractivity contribution in [3.8, 4) is 17.1 Å². The lowest BCUT2D eigenvalue weighted by atomic mass is 9.49. The van der Waals surface area contributed by atoms with Crippen LogP contribution >= 0.6 is 0 Å². The molecule has 0 aliphatic carbocycles. The fourth-order valence-electron chi connectivity index (χ4n) is 3.19. The van der Waals surface area contributed by atoms with E-state index >= 15 is 0 Å². The van der Waals surface area contributed by atoms with Gasteiger partial charge in [0.15, 0.2) is 17.3 Å². The van der Waals surface area contributed by atoms with Crippen LogP contribution in [0.15, 0.2) is 28.8 Å². The van der Waals surface area contributed by atoms with Crippen molar-refractivity contribution in [3.63, 3.8) is 0 Å². The number of rotatable bonds is 10. The number of aromatic nitrogens is 4. The molecule has 0 aliphatic heterocycles. The van der Waals surface area contributed by atoms with Gasteiger partial charge in [0, 0.05) is 18.7 Å². The quantitative estimate of drug-likeness (QED) is 0.247. The number of hydrogen-bond acceptors (Lipinski definition) is 12. The molecule has 0 bridgehead atoms. The number of benzene rings is 1. The van der Waals surface area contributed by atoms with Gasteiger partial charge in [-0.15, -0.1) is 10.2 Å². The van der Waals surface area contributed by atoms with Gasteiger partial charge >= 0.3 is 6.09 Å². The van der Waals surface area contributed by atoms with Gasteiger partial charge in [0.05, 0.1) is 36.9 Å². The van der Waals surface area contributed by atoms with Crippen LogP contribution in [0, 0.1) is 0 Å². The Bertz CT molecular complexity index is 1440. The summed E-state index contributed by atoms with van der Waals surface area (Å²) in [6, 6.07) is 6.50. The van der Waals surface area contributed by atoms with Gasteiger partial charge in [0.25, 0.3) is 5.91 Å². The van der Waals surface area contributed by atoms with E-state index in [-0.39, 0.29) is 41.1 Å². The molecule has 3 N–H and O–H groups in total. The van der Waals surface area contributed by atoms with Gasteiger partial charge in [-0.3, -0.25) is 10.1 Å². The second-order valence-corrected chi connectivity index (χ2v) is 11.5. The number of para-hydroxylation sites is 1. The molecule has 0 atom stereocenters. The van der Waals surface area contributed by atoms with E-state index in [0.717, 1.165) is 6.26 Å². The number of ether oxygens (including phenoxy) is 2. The minimum Gasteiger partial charge on any atom is -0.494 e. The number of nitrogens with one attached hydrogen (secondary N) is 3. The maximum atomic E-state index is 13.0. The van der Waals surface area contributed by atoms with Gasteiger partial charge in [-0.05, 0) is 17.4 Å². The zero-order chi connectivity index (χ0) is 28.1. The van der Waals surface area contributed by atoms with Gasteiger partial charge in [0.2, 0.25) is 11.7 Å². The summed E-state index contributed by atoms with van der Waals surface area (Å²) in [5.41, 5.74) is 1.03. The molecule has 0 aliphatic rings. The van der Waals surface area contributed by atoms with E-state index in [9.17, 15) is 18.0 Å². The van der Waals surface area contributed by atoms with Gasteiger partial charge in [0.1, 0.15) is 33.4 Å². The smallest absolute Gasteiger partial charge is 0.412 e.